The van der Waals surface area contributed by atoms with Crippen LogP contribution in [0.3, 0.4) is 0 Å². The Hall–Kier alpha value is -1.36. The first-order chi connectivity index (χ1) is 10.2. The number of rotatable bonds is 5. The molecule has 2 atom stereocenters. The lowest BCUT2D eigenvalue weighted by Crippen LogP contribution is -2.35. The smallest absolute Gasteiger partial charge is 0.135 e. The van der Waals surface area contributed by atoms with Crippen molar-refractivity contribution in [1.29, 1.82) is 0 Å². The third kappa shape index (κ3) is 3.64. The van der Waals surface area contributed by atoms with Gasteiger partial charge in [-0.3, -0.25) is 0 Å². The summed E-state index contributed by atoms with van der Waals surface area (Å²) in [5, 5.41) is 11.4. The lowest BCUT2D eigenvalue weighted by Gasteiger charge is -2.28. The first-order valence-corrected chi connectivity index (χ1v) is 7.69. The van der Waals surface area contributed by atoms with Crippen LogP contribution in [0.1, 0.15) is 31.1 Å². The summed E-state index contributed by atoms with van der Waals surface area (Å²) < 4.78 is 11.4. The molecule has 1 fully saturated rings. The van der Waals surface area contributed by atoms with Crippen LogP contribution in [0.5, 0.6) is 0 Å². The third-order valence-corrected chi connectivity index (χ3v) is 4.05. The van der Waals surface area contributed by atoms with E-state index in [1.54, 1.807) is 0 Å². The van der Waals surface area contributed by atoms with Gasteiger partial charge in [-0.15, -0.1) is 0 Å². The Labute approximate surface area is 125 Å². The van der Waals surface area contributed by atoms with E-state index in [0.717, 1.165) is 30.5 Å². The molecule has 0 spiro atoms. The van der Waals surface area contributed by atoms with Crippen LogP contribution >= 0.6 is 0 Å². The molecule has 2 heterocycles. The van der Waals surface area contributed by atoms with E-state index < -0.39 is 6.10 Å². The van der Waals surface area contributed by atoms with Crippen LogP contribution in [0.4, 0.5) is 0 Å². The summed E-state index contributed by atoms with van der Waals surface area (Å²) in [4.78, 5) is 2.12. The second kappa shape index (κ2) is 6.60. The molecule has 1 aliphatic heterocycles. The standard InChI is InChI=1S/C17H23NO3/c1-18(11-14-7-4-5-9-20-14)12-15(19)17-10-13-6-2-3-8-16(13)21-17/h2-3,6,8,10,14-15,19H,4-5,7,9,11-12H2,1H3. The summed E-state index contributed by atoms with van der Waals surface area (Å²) in [7, 11) is 2.02. The van der Waals surface area contributed by atoms with E-state index in [1.807, 2.05) is 37.4 Å². The zero-order valence-corrected chi connectivity index (χ0v) is 12.5. The highest BCUT2D eigenvalue weighted by atomic mass is 16.5. The van der Waals surface area contributed by atoms with Crippen LogP contribution in [0.15, 0.2) is 34.7 Å². The zero-order valence-electron chi connectivity index (χ0n) is 12.5. The lowest BCUT2D eigenvalue weighted by molar-refractivity contribution is -0.00915. The van der Waals surface area contributed by atoms with Gasteiger partial charge in [-0.1, -0.05) is 18.2 Å². The molecule has 1 N–H and O–H groups in total. The Kier molecular flexibility index (Phi) is 4.58. The fraction of sp³-hybridized carbons (Fsp3) is 0.529. The summed E-state index contributed by atoms with van der Waals surface area (Å²) in [6.45, 7) is 2.28. The molecule has 3 rings (SSSR count). The molecular formula is C17H23NO3. The minimum absolute atomic E-state index is 0.298. The van der Waals surface area contributed by atoms with Crippen molar-refractivity contribution < 1.29 is 14.3 Å². The number of hydrogen-bond donors (Lipinski definition) is 1. The van der Waals surface area contributed by atoms with Crippen LogP contribution in [0.2, 0.25) is 0 Å². The average Bonchev–Trinajstić information content (AvgIpc) is 2.92. The van der Waals surface area contributed by atoms with E-state index in [1.165, 1.54) is 12.8 Å². The van der Waals surface area contributed by atoms with E-state index in [2.05, 4.69) is 4.90 Å². The van der Waals surface area contributed by atoms with E-state index in [0.29, 0.717) is 18.4 Å². The molecule has 0 radical (unpaired) electrons. The highest BCUT2D eigenvalue weighted by molar-refractivity contribution is 5.77. The number of hydrogen-bond acceptors (Lipinski definition) is 4. The van der Waals surface area contributed by atoms with Gasteiger partial charge >= 0.3 is 0 Å². The quantitative estimate of drug-likeness (QED) is 0.919. The highest BCUT2D eigenvalue weighted by Gasteiger charge is 2.19. The molecule has 4 nitrogen and oxygen atoms in total. The molecule has 2 aromatic rings. The minimum atomic E-state index is -0.606. The molecule has 21 heavy (non-hydrogen) atoms. The van der Waals surface area contributed by atoms with Crippen molar-refractivity contribution in [2.75, 3.05) is 26.7 Å². The zero-order chi connectivity index (χ0) is 14.7. The summed E-state index contributed by atoms with van der Waals surface area (Å²) in [6.07, 6.45) is 3.22. The Bertz CT molecular complexity index is 541. The number of benzene rings is 1. The molecule has 0 bridgehead atoms. The summed E-state index contributed by atoms with van der Waals surface area (Å²) in [5.41, 5.74) is 0.824. The predicted octanol–water partition coefficient (Wildman–Crippen LogP) is 2.97. The van der Waals surface area contributed by atoms with Gasteiger partial charge in [0.15, 0.2) is 0 Å². The number of likely N-dealkylation sites (N-methyl/N-ethyl adjacent to an activating group) is 1. The molecule has 1 aromatic carbocycles. The van der Waals surface area contributed by atoms with Gasteiger partial charge in [0.2, 0.25) is 0 Å². The van der Waals surface area contributed by atoms with Crippen molar-refractivity contribution in [1.82, 2.24) is 4.90 Å². The van der Waals surface area contributed by atoms with Gasteiger partial charge in [0, 0.05) is 25.1 Å². The maximum absolute atomic E-state index is 10.3. The number of aliphatic hydroxyl groups is 1. The maximum Gasteiger partial charge on any atom is 0.135 e. The van der Waals surface area contributed by atoms with Gasteiger partial charge < -0.3 is 19.2 Å². The van der Waals surface area contributed by atoms with Crippen molar-refractivity contribution in [2.45, 2.75) is 31.5 Å². The van der Waals surface area contributed by atoms with E-state index in [-0.39, 0.29) is 0 Å². The summed E-state index contributed by atoms with van der Waals surface area (Å²) in [5.74, 6) is 0.632. The van der Waals surface area contributed by atoms with E-state index in [4.69, 9.17) is 9.15 Å². The van der Waals surface area contributed by atoms with Gasteiger partial charge in [0.05, 0.1) is 6.10 Å². The van der Waals surface area contributed by atoms with Gasteiger partial charge in [0.25, 0.3) is 0 Å². The third-order valence-electron chi connectivity index (χ3n) is 4.05. The van der Waals surface area contributed by atoms with Gasteiger partial charge in [0.1, 0.15) is 17.4 Å². The highest BCUT2D eigenvalue weighted by Crippen LogP contribution is 2.24. The van der Waals surface area contributed by atoms with Crippen LogP contribution in [0.25, 0.3) is 11.0 Å². The first kappa shape index (κ1) is 14.6. The van der Waals surface area contributed by atoms with Crippen LogP contribution in [0, 0.1) is 0 Å². The Balaban J connectivity index is 1.58. The average molecular weight is 289 g/mol. The summed E-state index contributed by atoms with van der Waals surface area (Å²) >= 11 is 0. The van der Waals surface area contributed by atoms with E-state index in [9.17, 15) is 5.11 Å². The molecule has 0 amide bonds. The SMILES string of the molecule is CN(CC1CCCCO1)CC(O)c1cc2ccccc2o1. The molecular weight excluding hydrogens is 266 g/mol. The molecule has 4 heteroatoms. The Morgan fingerprint density at radius 2 is 2.19 bits per heavy atom. The second-order valence-corrected chi connectivity index (χ2v) is 5.91. The topological polar surface area (TPSA) is 45.8 Å². The number of para-hydroxylation sites is 1. The van der Waals surface area contributed by atoms with Crippen molar-refractivity contribution in [3.8, 4) is 0 Å². The Morgan fingerprint density at radius 1 is 1.33 bits per heavy atom. The number of furan rings is 1. The first-order valence-electron chi connectivity index (χ1n) is 7.69. The fourth-order valence-electron chi connectivity index (χ4n) is 2.93. The molecule has 0 saturated carbocycles. The van der Waals surface area contributed by atoms with Crippen molar-refractivity contribution in [3.05, 3.63) is 36.1 Å². The van der Waals surface area contributed by atoms with Crippen LogP contribution in [-0.4, -0.2) is 42.9 Å². The minimum Gasteiger partial charge on any atom is -0.458 e. The maximum atomic E-state index is 10.3. The largest absolute Gasteiger partial charge is 0.458 e. The second-order valence-electron chi connectivity index (χ2n) is 5.91. The van der Waals surface area contributed by atoms with Gasteiger partial charge in [-0.2, -0.15) is 0 Å². The number of ether oxygens (including phenoxy) is 1. The monoisotopic (exact) mass is 289 g/mol. The normalized spacial score (nSPS) is 21.0. The molecule has 1 aliphatic rings. The molecule has 0 aliphatic carbocycles. The molecule has 114 valence electrons. The summed E-state index contributed by atoms with van der Waals surface area (Å²) in [6, 6.07) is 9.75. The van der Waals surface area contributed by atoms with Crippen LogP contribution < -0.4 is 0 Å². The van der Waals surface area contributed by atoms with Crippen molar-refractivity contribution in [3.63, 3.8) is 0 Å². The van der Waals surface area contributed by atoms with Crippen molar-refractivity contribution in [2.24, 2.45) is 0 Å². The number of fused-ring (bicyclic) bond motifs is 1. The van der Waals surface area contributed by atoms with Crippen molar-refractivity contribution >= 4 is 11.0 Å². The molecule has 2 unspecified atom stereocenters. The molecule has 1 aromatic heterocycles. The number of aliphatic hydroxyl groups excluding tert-OH is 1. The fourth-order valence-corrected chi connectivity index (χ4v) is 2.93. The van der Waals surface area contributed by atoms with Gasteiger partial charge in [-0.25, -0.2) is 0 Å². The Morgan fingerprint density at radius 3 is 2.95 bits per heavy atom. The van der Waals surface area contributed by atoms with Crippen LogP contribution in [-0.2, 0) is 4.74 Å². The number of nitrogens with zero attached hydrogens (tertiary/aromatic N) is 1. The molecule has 1 saturated heterocycles. The van der Waals surface area contributed by atoms with Gasteiger partial charge in [-0.05, 0) is 38.4 Å². The van der Waals surface area contributed by atoms with E-state index >= 15 is 0 Å². The lowest BCUT2D eigenvalue weighted by atomic mass is 10.1. The predicted molar refractivity (Wildman–Crippen MR) is 82.3 cm³/mol.